The first-order valence-electron chi connectivity index (χ1n) is 6.51. The molecule has 0 atom stereocenters. The van der Waals surface area contributed by atoms with Crippen LogP contribution in [0.3, 0.4) is 0 Å². The fourth-order valence-corrected chi connectivity index (χ4v) is 2.13. The third kappa shape index (κ3) is 2.86. The molecular formula is C16H15F2NO2. The molecule has 1 N–H and O–H groups in total. The molecule has 0 saturated heterocycles. The van der Waals surface area contributed by atoms with Gasteiger partial charge in [0.1, 0.15) is 0 Å². The number of carboxylic acids is 1. The maximum absolute atomic E-state index is 14.1. The number of aryl methyl sites for hydroxylation is 1. The summed E-state index contributed by atoms with van der Waals surface area (Å²) in [7, 11) is 0. The summed E-state index contributed by atoms with van der Waals surface area (Å²) in [5.74, 6) is -3.99. The van der Waals surface area contributed by atoms with Crippen molar-refractivity contribution in [1.29, 1.82) is 0 Å². The van der Waals surface area contributed by atoms with E-state index in [2.05, 4.69) is 0 Å². The Morgan fingerprint density at radius 3 is 2.24 bits per heavy atom. The van der Waals surface area contributed by atoms with Gasteiger partial charge in [0.15, 0.2) is 11.6 Å². The van der Waals surface area contributed by atoms with Gasteiger partial charge < -0.3 is 10.0 Å². The molecule has 0 radical (unpaired) electrons. The maximum Gasteiger partial charge on any atom is 0.338 e. The van der Waals surface area contributed by atoms with Crippen LogP contribution in [0.15, 0.2) is 36.4 Å². The lowest BCUT2D eigenvalue weighted by molar-refractivity contribution is 0.0690. The molecule has 0 aromatic heterocycles. The zero-order valence-corrected chi connectivity index (χ0v) is 11.7. The minimum atomic E-state index is -1.49. The van der Waals surface area contributed by atoms with E-state index in [0.29, 0.717) is 12.2 Å². The topological polar surface area (TPSA) is 40.5 Å². The highest BCUT2D eigenvalue weighted by Crippen LogP contribution is 2.30. The summed E-state index contributed by atoms with van der Waals surface area (Å²) < 4.78 is 28.0. The second kappa shape index (κ2) is 5.91. The number of anilines is 2. The first-order chi connectivity index (χ1) is 9.95. The van der Waals surface area contributed by atoms with Gasteiger partial charge in [-0.05, 0) is 38.1 Å². The highest BCUT2D eigenvalue weighted by molar-refractivity contribution is 5.88. The SMILES string of the molecule is CCN(c1ccc(C)cc1)c1ccc(C(=O)O)c(F)c1F. The molecule has 0 saturated carbocycles. The number of hydrogen-bond donors (Lipinski definition) is 1. The molecule has 0 unspecified atom stereocenters. The van der Waals surface area contributed by atoms with Crippen LogP contribution < -0.4 is 4.90 Å². The fourth-order valence-electron chi connectivity index (χ4n) is 2.13. The zero-order chi connectivity index (χ0) is 15.6. The quantitative estimate of drug-likeness (QED) is 0.920. The summed E-state index contributed by atoms with van der Waals surface area (Å²) in [5, 5.41) is 8.80. The molecule has 0 fully saturated rings. The molecule has 21 heavy (non-hydrogen) atoms. The molecule has 0 aliphatic carbocycles. The van der Waals surface area contributed by atoms with Gasteiger partial charge in [-0.25, -0.2) is 13.6 Å². The van der Waals surface area contributed by atoms with E-state index < -0.39 is 23.2 Å². The van der Waals surface area contributed by atoms with Gasteiger partial charge in [0.2, 0.25) is 0 Å². The monoisotopic (exact) mass is 291 g/mol. The molecule has 2 rings (SSSR count). The van der Waals surface area contributed by atoms with Crippen LogP contribution in [0, 0.1) is 18.6 Å². The molecule has 0 aliphatic rings. The number of carbonyl (C=O) groups is 1. The van der Waals surface area contributed by atoms with E-state index in [-0.39, 0.29) is 5.69 Å². The number of aromatic carboxylic acids is 1. The van der Waals surface area contributed by atoms with Crippen molar-refractivity contribution in [3.05, 3.63) is 59.2 Å². The second-order valence-corrected chi connectivity index (χ2v) is 4.65. The Morgan fingerprint density at radius 1 is 1.10 bits per heavy atom. The van der Waals surface area contributed by atoms with Crippen molar-refractivity contribution in [3.63, 3.8) is 0 Å². The van der Waals surface area contributed by atoms with Crippen molar-refractivity contribution in [2.24, 2.45) is 0 Å². The van der Waals surface area contributed by atoms with Crippen LogP contribution in [0.2, 0.25) is 0 Å². The van der Waals surface area contributed by atoms with Gasteiger partial charge in [-0.2, -0.15) is 0 Å². The number of hydrogen-bond acceptors (Lipinski definition) is 2. The first-order valence-corrected chi connectivity index (χ1v) is 6.51. The third-order valence-electron chi connectivity index (χ3n) is 3.25. The molecule has 2 aromatic carbocycles. The van der Waals surface area contributed by atoms with E-state index in [4.69, 9.17) is 5.11 Å². The summed E-state index contributed by atoms with van der Waals surface area (Å²) in [5.41, 5.74) is 1.12. The highest BCUT2D eigenvalue weighted by Gasteiger charge is 2.21. The Hall–Kier alpha value is -2.43. The zero-order valence-electron chi connectivity index (χ0n) is 11.7. The van der Waals surface area contributed by atoms with Gasteiger partial charge in [-0.15, -0.1) is 0 Å². The molecule has 110 valence electrons. The Balaban J connectivity index is 2.50. The smallest absolute Gasteiger partial charge is 0.338 e. The van der Waals surface area contributed by atoms with Crippen molar-refractivity contribution in [3.8, 4) is 0 Å². The van der Waals surface area contributed by atoms with Crippen molar-refractivity contribution < 1.29 is 18.7 Å². The lowest BCUT2D eigenvalue weighted by Gasteiger charge is -2.24. The van der Waals surface area contributed by atoms with Gasteiger partial charge in [-0.1, -0.05) is 17.7 Å². The third-order valence-corrected chi connectivity index (χ3v) is 3.25. The molecule has 3 nitrogen and oxygen atoms in total. The summed E-state index contributed by atoms with van der Waals surface area (Å²) in [4.78, 5) is 12.4. The van der Waals surface area contributed by atoms with Gasteiger partial charge in [0, 0.05) is 12.2 Å². The second-order valence-electron chi connectivity index (χ2n) is 4.65. The number of benzene rings is 2. The Labute approximate surface area is 121 Å². The lowest BCUT2D eigenvalue weighted by atomic mass is 10.1. The van der Waals surface area contributed by atoms with E-state index in [1.165, 1.54) is 6.07 Å². The van der Waals surface area contributed by atoms with Crippen molar-refractivity contribution >= 4 is 17.3 Å². The molecule has 5 heteroatoms. The van der Waals surface area contributed by atoms with E-state index in [1.54, 1.807) is 17.0 Å². The molecule has 0 amide bonds. The highest BCUT2D eigenvalue weighted by atomic mass is 19.2. The van der Waals surface area contributed by atoms with Crippen LogP contribution in [0.4, 0.5) is 20.2 Å². The summed E-state index contributed by atoms with van der Waals surface area (Å²) >= 11 is 0. The van der Waals surface area contributed by atoms with Gasteiger partial charge in [-0.3, -0.25) is 0 Å². The molecule has 0 spiro atoms. The van der Waals surface area contributed by atoms with Gasteiger partial charge in [0.05, 0.1) is 11.3 Å². The summed E-state index contributed by atoms with van der Waals surface area (Å²) in [6.45, 7) is 4.16. The van der Waals surface area contributed by atoms with E-state index >= 15 is 0 Å². The standard InChI is InChI=1S/C16H15F2NO2/c1-3-19(11-6-4-10(2)5-7-11)13-9-8-12(16(20)21)14(17)15(13)18/h4-9H,3H2,1-2H3,(H,20,21). The van der Waals surface area contributed by atoms with Crippen molar-refractivity contribution in [1.82, 2.24) is 0 Å². The molecule has 0 heterocycles. The maximum atomic E-state index is 14.1. The minimum Gasteiger partial charge on any atom is -0.478 e. The normalized spacial score (nSPS) is 10.5. The predicted molar refractivity (Wildman–Crippen MR) is 77.2 cm³/mol. The molecule has 0 bridgehead atoms. The van der Waals surface area contributed by atoms with Gasteiger partial charge >= 0.3 is 5.97 Å². The van der Waals surface area contributed by atoms with Gasteiger partial charge in [0.25, 0.3) is 0 Å². The van der Waals surface area contributed by atoms with Crippen LogP contribution in [0.25, 0.3) is 0 Å². The molecular weight excluding hydrogens is 276 g/mol. The van der Waals surface area contributed by atoms with Crippen molar-refractivity contribution in [2.45, 2.75) is 13.8 Å². The van der Waals surface area contributed by atoms with Crippen molar-refractivity contribution in [2.75, 3.05) is 11.4 Å². The Morgan fingerprint density at radius 2 is 1.71 bits per heavy atom. The van der Waals surface area contributed by atoms with Crippen LogP contribution in [-0.4, -0.2) is 17.6 Å². The fraction of sp³-hybridized carbons (Fsp3) is 0.188. The van der Waals surface area contributed by atoms with E-state index in [1.807, 2.05) is 26.0 Å². The minimum absolute atomic E-state index is 0.0175. The number of rotatable bonds is 4. The Bertz CT molecular complexity index is 669. The number of carboxylic acid groups (broad SMARTS) is 1. The van der Waals surface area contributed by atoms with Crippen LogP contribution in [-0.2, 0) is 0 Å². The summed E-state index contributed by atoms with van der Waals surface area (Å²) in [6, 6.07) is 9.72. The average Bonchev–Trinajstić information content (AvgIpc) is 2.45. The van der Waals surface area contributed by atoms with E-state index in [9.17, 15) is 13.6 Å². The molecule has 0 aliphatic heterocycles. The average molecular weight is 291 g/mol. The lowest BCUT2D eigenvalue weighted by Crippen LogP contribution is -2.19. The van der Waals surface area contributed by atoms with Crippen LogP contribution >= 0.6 is 0 Å². The van der Waals surface area contributed by atoms with E-state index in [0.717, 1.165) is 11.6 Å². The number of halogens is 2. The number of nitrogens with zero attached hydrogens (tertiary/aromatic N) is 1. The molecule has 2 aromatic rings. The summed E-state index contributed by atoms with van der Waals surface area (Å²) in [6.07, 6.45) is 0. The Kier molecular flexibility index (Phi) is 4.21. The first kappa shape index (κ1) is 15.0. The largest absolute Gasteiger partial charge is 0.478 e. The predicted octanol–water partition coefficient (Wildman–Crippen LogP) is 4.13. The van der Waals surface area contributed by atoms with Crippen LogP contribution in [0.1, 0.15) is 22.8 Å². The van der Waals surface area contributed by atoms with Crippen LogP contribution in [0.5, 0.6) is 0 Å².